The monoisotopic (exact) mass is 466 g/mol. The van der Waals surface area contributed by atoms with E-state index in [1.54, 1.807) is 60.4 Å². The molecule has 0 atom stereocenters. The van der Waals surface area contributed by atoms with Crippen molar-refractivity contribution in [1.29, 1.82) is 0 Å². The predicted molar refractivity (Wildman–Crippen MR) is 133 cm³/mol. The summed E-state index contributed by atoms with van der Waals surface area (Å²) in [5.41, 5.74) is 1.34. The van der Waals surface area contributed by atoms with E-state index in [0.717, 1.165) is 16.5 Å². The molecule has 5 aromatic rings. The minimum absolute atomic E-state index is 0.157. The standard InChI is InChI=1S/C27H22N4O4/c1-31-15-14-23(30-31)26(32)28-19-8-5-9-20(16-19)29-27(33)25-13-12-21(35-25)17-34-24-11-4-7-18-6-2-3-10-22(18)24/h2-16H,17H2,1H3,(H,28,32)(H,29,33). The van der Waals surface area contributed by atoms with Gasteiger partial charge >= 0.3 is 0 Å². The highest BCUT2D eigenvalue weighted by Crippen LogP contribution is 2.26. The summed E-state index contributed by atoms with van der Waals surface area (Å²) in [5.74, 6) is 0.685. The molecule has 8 heteroatoms. The number of rotatable bonds is 7. The van der Waals surface area contributed by atoms with Gasteiger partial charge in [-0.05, 0) is 47.9 Å². The number of hydrogen-bond acceptors (Lipinski definition) is 5. The minimum Gasteiger partial charge on any atom is -0.485 e. The van der Waals surface area contributed by atoms with Crippen molar-refractivity contribution in [3.63, 3.8) is 0 Å². The lowest BCUT2D eigenvalue weighted by atomic mass is 10.1. The van der Waals surface area contributed by atoms with E-state index in [-0.39, 0.29) is 18.3 Å². The van der Waals surface area contributed by atoms with Crippen molar-refractivity contribution in [2.24, 2.45) is 7.05 Å². The van der Waals surface area contributed by atoms with Crippen LogP contribution in [0, 0.1) is 0 Å². The molecule has 0 unspecified atom stereocenters. The van der Waals surface area contributed by atoms with Crippen molar-refractivity contribution in [1.82, 2.24) is 9.78 Å². The highest BCUT2D eigenvalue weighted by Gasteiger charge is 2.14. The van der Waals surface area contributed by atoms with E-state index >= 15 is 0 Å². The van der Waals surface area contributed by atoms with Crippen LogP contribution in [0.25, 0.3) is 10.8 Å². The van der Waals surface area contributed by atoms with Gasteiger partial charge in [-0.1, -0.05) is 42.5 Å². The Morgan fingerprint density at radius 3 is 2.43 bits per heavy atom. The Kier molecular flexibility index (Phi) is 6.00. The van der Waals surface area contributed by atoms with Gasteiger partial charge in [0.2, 0.25) is 0 Å². The van der Waals surface area contributed by atoms with Crippen LogP contribution in [0.5, 0.6) is 5.75 Å². The van der Waals surface area contributed by atoms with Crippen LogP contribution in [0.4, 0.5) is 11.4 Å². The maximum absolute atomic E-state index is 12.7. The average Bonchev–Trinajstić information content (AvgIpc) is 3.52. The molecule has 35 heavy (non-hydrogen) atoms. The summed E-state index contributed by atoms with van der Waals surface area (Å²) in [6.45, 7) is 0.191. The van der Waals surface area contributed by atoms with Crippen LogP contribution in [0.3, 0.4) is 0 Å². The molecule has 0 aliphatic rings. The third-order valence-electron chi connectivity index (χ3n) is 5.33. The van der Waals surface area contributed by atoms with Crippen molar-refractivity contribution >= 4 is 34.0 Å². The molecule has 2 N–H and O–H groups in total. The second-order valence-corrected chi connectivity index (χ2v) is 7.90. The lowest BCUT2D eigenvalue weighted by molar-refractivity contribution is 0.0991. The molecule has 0 radical (unpaired) electrons. The first-order valence-electron chi connectivity index (χ1n) is 11.0. The number of nitrogens with one attached hydrogen (secondary N) is 2. The first kappa shape index (κ1) is 22.0. The maximum Gasteiger partial charge on any atom is 0.291 e. The fourth-order valence-electron chi connectivity index (χ4n) is 3.65. The van der Waals surface area contributed by atoms with Crippen molar-refractivity contribution in [3.05, 3.63) is 108 Å². The third-order valence-corrected chi connectivity index (χ3v) is 5.33. The van der Waals surface area contributed by atoms with E-state index in [0.29, 0.717) is 22.8 Å². The summed E-state index contributed by atoms with van der Waals surface area (Å²) < 4.78 is 13.2. The van der Waals surface area contributed by atoms with E-state index in [2.05, 4.69) is 15.7 Å². The Morgan fingerprint density at radius 2 is 1.63 bits per heavy atom. The lowest BCUT2D eigenvalue weighted by Crippen LogP contribution is -2.14. The number of fused-ring (bicyclic) bond motifs is 1. The van der Waals surface area contributed by atoms with Crippen LogP contribution in [0.15, 0.2) is 95.5 Å². The molecular formula is C27H22N4O4. The molecule has 2 heterocycles. The van der Waals surface area contributed by atoms with Crippen LogP contribution in [0.1, 0.15) is 26.8 Å². The first-order chi connectivity index (χ1) is 17.0. The van der Waals surface area contributed by atoms with E-state index in [9.17, 15) is 9.59 Å². The topological polar surface area (TPSA) is 98.4 Å². The van der Waals surface area contributed by atoms with Crippen molar-refractivity contribution in [2.45, 2.75) is 6.61 Å². The Bertz CT molecular complexity index is 1510. The molecule has 0 aliphatic heterocycles. The van der Waals surface area contributed by atoms with Gasteiger partial charge in [-0.25, -0.2) is 0 Å². The van der Waals surface area contributed by atoms with Crippen LogP contribution < -0.4 is 15.4 Å². The highest BCUT2D eigenvalue weighted by molar-refractivity contribution is 6.04. The molecule has 0 aliphatic carbocycles. The molecule has 2 aromatic heterocycles. The molecule has 5 rings (SSSR count). The van der Waals surface area contributed by atoms with E-state index in [4.69, 9.17) is 9.15 Å². The average molecular weight is 466 g/mol. The molecule has 0 saturated carbocycles. The second kappa shape index (κ2) is 9.56. The van der Waals surface area contributed by atoms with Crippen LogP contribution in [-0.2, 0) is 13.7 Å². The Labute approximate surface area is 201 Å². The molecule has 2 amide bonds. The van der Waals surface area contributed by atoms with Gasteiger partial charge in [0.25, 0.3) is 11.8 Å². The number of benzene rings is 3. The predicted octanol–water partition coefficient (Wildman–Crippen LogP) is 5.25. The Balaban J connectivity index is 1.21. The van der Waals surface area contributed by atoms with Crippen molar-refractivity contribution in [3.8, 4) is 5.75 Å². The number of nitrogens with zero attached hydrogens (tertiary/aromatic N) is 2. The number of hydrogen-bond donors (Lipinski definition) is 2. The zero-order valence-corrected chi connectivity index (χ0v) is 18.9. The maximum atomic E-state index is 12.7. The normalized spacial score (nSPS) is 10.8. The molecule has 8 nitrogen and oxygen atoms in total. The number of ether oxygens (including phenoxy) is 1. The molecule has 0 saturated heterocycles. The number of carbonyl (C=O) groups excluding carboxylic acids is 2. The number of furan rings is 1. The molecule has 0 fully saturated rings. The number of amides is 2. The number of aryl methyl sites for hydroxylation is 1. The summed E-state index contributed by atoms with van der Waals surface area (Å²) in [7, 11) is 1.74. The van der Waals surface area contributed by atoms with Gasteiger partial charge in [-0.3, -0.25) is 14.3 Å². The Morgan fingerprint density at radius 1 is 0.886 bits per heavy atom. The van der Waals surface area contributed by atoms with E-state index in [1.165, 1.54) is 0 Å². The van der Waals surface area contributed by atoms with E-state index < -0.39 is 5.91 Å². The first-order valence-corrected chi connectivity index (χ1v) is 11.0. The Hall–Kier alpha value is -4.85. The van der Waals surface area contributed by atoms with Gasteiger partial charge < -0.3 is 19.8 Å². The van der Waals surface area contributed by atoms with Gasteiger partial charge in [0, 0.05) is 30.0 Å². The highest BCUT2D eigenvalue weighted by atomic mass is 16.5. The number of carbonyl (C=O) groups is 2. The molecule has 0 spiro atoms. The zero-order valence-electron chi connectivity index (χ0n) is 18.9. The second-order valence-electron chi connectivity index (χ2n) is 7.90. The summed E-state index contributed by atoms with van der Waals surface area (Å²) >= 11 is 0. The SMILES string of the molecule is Cn1ccc(C(=O)Nc2cccc(NC(=O)c3ccc(COc4cccc5ccccc45)o3)c2)n1. The fourth-order valence-corrected chi connectivity index (χ4v) is 3.65. The molecule has 3 aromatic carbocycles. The summed E-state index contributed by atoms with van der Waals surface area (Å²) in [6, 6.07) is 25.6. The fraction of sp³-hybridized carbons (Fsp3) is 0.0741. The summed E-state index contributed by atoms with van der Waals surface area (Å²) in [5, 5.41) is 11.7. The van der Waals surface area contributed by atoms with E-state index in [1.807, 2.05) is 42.5 Å². The van der Waals surface area contributed by atoms with Crippen LogP contribution >= 0.6 is 0 Å². The molecular weight excluding hydrogens is 444 g/mol. The van der Waals surface area contributed by atoms with Crippen molar-refractivity contribution < 1.29 is 18.7 Å². The van der Waals surface area contributed by atoms with Crippen molar-refractivity contribution in [2.75, 3.05) is 10.6 Å². The summed E-state index contributed by atoms with van der Waals surface area (Å²) in [6.07, 6.45) is 1.69. The smallest absolute Gasteiger partial charge is 0.291 e. The van der Waals surface area contributed by atoms with Gasteiger partial charge in [-0.15, -0.1) is 0 Å². The van der Waals surface area contributed by atoms with Gasteiger partial charge in [0.1, 0.15) is 18.1 Å². The third kappa shape index (κ3) is 5.06. The van der Waals surface area contributed by atoms with Gasteiger partial charge in [0.05, 0.1) is 0 Å². The van der Waals surface area contributed by atoms with Gasteiger partial charge in [-0.2, -0.15) is 5.10 Å². The lowest BCUT2D eigenvalue weighted by Gasteiger charge is -2.08. The quantitative estimate of drug-likeness (QED) is 0.341. The molecule has 174 valence electrons. The largest absolute Gasteiger partial charge is 0.485 e. The van der Waals surface area contributed by atoms with Gasteiger partial charge in [0.15, 0.2) is 11.5 Å². The zero-order chi connectivity index (χ0) is 24.2. The van der Waals surface area contributed by atoms with Crippen LogP contribution in [-0.4, -0.2) is 21.6 Å². The summed E-state index contributed by atoms with van der Waals surface area (Å²) in [4.78, 5) is 25.0. The number of aromatic nitrogens is 2. The number of anilines is 2. The molecule has 0 bridgehead atoms. The van der Waals surface area contributed by atoms with Crippen LogP contribution in [0.2, 0.25) is 0 Å². The minimum atomic E-state index is -0.408.